The van der Waals surface area contributed by atoms with Gasteiger partial charge in [-0.3, -0.25) is 4.79 Å². The first-order chi connectivity index (χ1) is 9.63. The smallest absolute Gasteiger partial charge is 0.257 e. The Hall–Kier alpha value is -1.18. The molecule has 0 aliphatic rings. The molecule has 112 valence electrons. The van der Waals surface area contributed by atoms with Gasteiger partial charge in [-0.1, -0.05) is 0 Å². The number of aromatic nitrogens is 1. The zero-order valence-corrected chi connectivity index (χ0v) is 13.3. The molecule has 1 aromatic rings. The number of aliphatic hydroxyl groups excluding tert-OH is 1. The number of hydrogen-bond donors (Lipinski definition) is 2. The standard InChI is InChI=1S/C13H20BrN3O3/c1-3-15-12-11(8-10(14)9-16-12)13(19)17(4-6-18)5-7-20-2/h8-9,18H,3-7H2,1-2H3,(H,15,16). The molecule has 6 nitrogen and oxygen atoms in total. The number of methoxy groups -OCH3 is 1. The molecule has 0 saturated heterocycles. The molecule has 20 heavy (non-hydrogen) atoms. The molecule has 1 heterocycles. The summed E-state index contributed by atoms with van der Waals surface area (Å²) in [6.45, 7) is 3.63. The number of pyridine rings is 1. The molecule has 0 aromatic carbocycles. The lowest BCUT2D eigenvalue weighted by Crippen LogP contribution is -2.36. The second-order valence-electron chi connectivity index (χ2n) is 4.09. The molecular weight excluding hydrogens is 326 g/mol. The molecule has 0 aliphatic heterocycles. The van der Waals surface area contributed by atoms with E-state index in [0.717, 1.165) is 4.47 Å². The lowest BCUT2D eigenvalue weighted by atomic mass is 10.2. The highest BCUT2D eigenvalue weighted by molar-refractivity contribution is 9.10. The summed E-state index contributed by atoms with van der Waals surface area (Å²) >= 11 is 3.32. The highest BCUT2D eigenvalue weighted by Crippen LogP contribution is 2.19. The highest BCUT2D eigenvalue weighted by atomic mass is 79.9. The predicted octanol–water partition coefficient (Wildman–Crippen LogP) is 1.36. The molecule has 7 heteroatoms. The lowest BCUT2D eigenvalue weighted by molar-refractivity contribution is 0.0657. The number of nitrogens with zero attached hydrogens (tertiary/aromatic N) is 2. The fraction of sp³-hybridized carbons (Fsp3) is 0.538. The van der Waals surface area contributed by atoms with Crippen LogP contribution in [-0.2, 0) is 4.74 Å². The van der Waals surface area contributed by atoms with Gasteiger partial charge < -0.3 is 20.1 Å². The van der Waals surface area contributed by atoms with Crippen molar-refractivity contribution >= 4 is 27.7 Å². The van der Waals surface area contributed by atoms with Crippen molar-refractivity contribution in [1.82, 2.24) is 9.88 Å². The van der Waals surface area contributed by atoms with Crippen LogP contribution in [0.15, 0.2) is 16.7 Å². The summed E-state index contributed by atoms with van der Waals surface area (Å²) in [5, 5.41) is 12.1. The number of aliphatic hydroxyl groups is 1. The Balaban J connectivity index is 2.99. The summed E-state index contributed by atoms with van der Waals surface area (Å²) in [6.07, 6.45) is 1.64. The number of rotatable bonds is 8. The molecule has 0 radical (unpaired) electrons. The van der Waals surface area contributed by atoms with Crippen LogP contribution < -0.4 is 5.32 Å². The van der Waals surface area contributed by atoms with Crippen molar-refractivity contribution in [2.24, 2.45) is 0 Å². The zero-order chi connectivity index (χ0) is 15.0. The minimum absolute atomic E-state index is 0.0899. The number of carbonyl (C=O) groups is 1. The van der Waals surface area contributed by atoms with Gasteiger partial charge in [-0.25, -0.2) is 4.98 Å². The summed E-state index contributed by atoms with van der Waals surface area (Å²) in [5.41, 5.74) is 0.478. The Labute approximate surface area is 127 Å². The summed E-state index contributed by atoms with van der Waals surface area (Å²) in [4.78, 5) is 18.3. The van der Waals surface area contributed by atoms with Crippen LogP contribution in [0.25, 0.3) is 0 Å². The van der Waals surface area contributed by atoms with Crippen molar-refractivity contribution in [2.45, 2.75) is 6.92 Å². The molecule has 0 aliphatic carbocycles. The van der Waals surface area contributed by atoms with E-state index in [9.17, 15) is 4.79 Å². The average Bonchev–Trinajstić information content (AvgIpc) is 2.45. The second kappa shape index (κ2) is 8.89. The van der Waals surface area contributed by atoms with Gasteiger partial charge in [0.2, 0.25) is 0 Å². The average molecular weight is 346 g/mol. The van der Waals surface area contributed by atoms with Gasteiger partial charge in [0.25, 0.3) is 5.91 Å². The highest BCUT2D eigenvalue weighted by Gasteiger charge is 2.19. The van der Waals surface area contributed by atoms with Gasteiger partial charge in [0, 0.05) is 37.4 Å². The Morgan fingerprint density at radius 2 is 2.30 bits per heavy atom. The fourth-order valence-electron chi connectivity index (χ4n) is 1.72. The van der Waals surface area contributed by atoms with Crippen molar-refractivity contribution in [2.75, 3.05) is 45.3 Å². The maximum Gasteiger partial charge on any atom is 0.257 e. The summed E-state index contributed by atoms with van der Waals surface area (Å²) in [5.74, 6) is 0.363. The van der Waals surface area contributed by atoms with Gasteiger partial charge in [-0.2, -0.15) is 0 Å². The van der Waals surface area contributed by atoms with Crippen LogP contribution in [0.3, 0.4) is 0 Å². The number of ether oxygens (including phenoxy) is 1. The van der Waals surface area contributed by atoms with E-state index in [-0.39, 0.29) is 19.1 Å². The Morgan fingerprint density at radius 1 is 1.55 bits per heavy atom. The Kier molecular flexibility index (Phi) is 7.50. The predicted molar refractivity (Wildman–Crippen MR) is 81.0 cm³/mol. The van der Waals surface area contributed by atoms with E-state index in [0.29, 0.717) is 31.1 Å². The number of hydrogen-bond acceptors (Lipinski definition) is 5. The van der Waals surface area contributed by atoms with Crippen LogP contribution >= 0.6 is 15.9 Å². The molecule has 0 unspecified atom stereocenters. The maximum absolute atomic E-state index is 12.5. The largest absolute Gasteiger partial charge is 0.395 e. The quantitative estimate of drug-likeness (QED) is 0.743. The van der Waals surface area contributed by atoms with Crippen LogP contribution in [0.2, 0.25) is 0 Å². The van der Waals surface area contributed by atoms with Crippen molar-refractivity contribution in [1.29, 1.82) is 0 Å². The first-order valence-corrected chi connectivity index (χ1v) is 7.21. The van der Waals surface area contributed by atoms with E-state index in [1.807, 2.05) is 6.92 Å². The van der Waals surface area contributed by atoms with Gasteiger partial charge in [0.15, 0.2) is 0 Å². The van der Waals surface area contributed by atoms with Crippen molar-refractivity contribution in [3.63, 3.8) is 0 Å². The van der Waals surface area contributed by atoms with Gasteiger partial charge in [-0.05, 0) is 28.9 Å². The number of nitrogens with one attached hydrogen (secondary N) is 1. The van der Waals surface area contributed by atoms with Gasteiger partial charge in [0.05, 0.1) is 18.8 Å². The summed E-state index contributed by atoms with van der Waals surface area (Å²) in [6, 6.07) is 1.73. The monoisotopic (exact) mass is 345 g/mol. The molecule has 0 spiro atoms. The van der Waals surface area contributed by atoms with Crippen molar-refractivity contribution in [3.05, 3.63) is 22.3 Å². The third kappa shape index (κ3) is 4.73. The van der Waals surface area contributed by atoms with Crippen LogP contribution in [0, 0.1) is 0 Å². The first kappa shape index (κ1) is 16.9. The maximum atomic E-state index is 12.5. The normalized spacial score (nSPS) is 10.4. The Morgan fingerprint density at radius 3 is 2.90 bits per heavy atom. The SMILES string of the molecule is CCNc1ncc(Br)cc1C(=O)N(CCO)CCOC. The van der Waals surface area contributed by atoms with Crippen LogP contribution in [0.4, 0.5) is 5.82 Å². The molecule has 0 saturated carbocycles. The second-order valence-corrected chi connectivity index (χ2v) is 5.00. The number of carbonyl (C=O) groups excluding carboxylic acids is 1. The van der Waals surface area contributed by atoms with Gasteiger partial charge >= 0.3 is 0 Å². The minimum Gasteiger partial charge on any atom is -0.395 e. The molecular formula is C13H20BrN3O3. The van der Waals surface area contributed by atoms with Crippen LogP contribution in [0.5, 0.6) is 0 Å². The van der Waals surface area contributed by atoms with E-state index in [4.69, 9.17) is 9.84 Å². The zero-order valence-electron chi connectivity index (χ0n) is 11.7. The van der Waals surface area contributed by atoms with E-state index in [2.05, 4.69) is 26.2 Å². The van der Waals surface area contributed by atoms with Crippen molar-refractivity contribution in [3.8, 4) is 0 Å². The van der Waals surface area contributed by atoms with Crippen LogP contribution in [-0.4, -0.2) is 60.9 Å². The Bertz CT molecular complexity index is 443. The number of amides is 1. The van der Waals surface area contributed by atoms with E-state index >= 15 is 0 Å². The lowest BCUT2D eigenvalue weighted by Gasteiger charge is -2.22. The van der Waals surface area contributed by atoms with E-state index in [1.165, 1.54) is 0 Å². The molecule has 1 amide bonds. The molecule has 1 rings (SSSR count). The molecule has 0 bridgehead atoms. The topological polar surface area (TPSA) is 74.7 Å². The molecule has 1 aromatic heterocycles. The molecule has 0 atom stereocenters. The fourth-order valence-corrected chi connectivity index (χ4v) is 2.05. The third-order valence-electron chi connectivity index (χ3n) is 2.65. The van der Waals surface area contributed by atoms with E-state index in [1.54, 1.807) is 24.3 Å². The van der Waals surface area contributed by atoms with Gasteiger partial charge in [0.1, 0.15) is 5.82 Å². The van der Waals surface area contributed by atoms with Crippen LogP contribution in [0.1, 0.15) is 17.3 Å². The number of halogens is 1. The molecule has 2 N–H and O–H groups in total. The third-order valence-corrected chi connectivity index (χ3v) is 3.09. The van der Waals surface area contributed by atoms with E-state index < -0.39 is 0 Å². The molecule has 0 fully saturated rings. The first-order valence-electron chi connectivity index (χ1n) is 6.42. The number of anilines is 1. The summed E-state index contributed by atoms with van der Waals surface area (Å²) < 4.78 is 5.72. The summed E-state index contributed by atoms with van der Waals surface area (Å²) in [7, 11) is 1.58. The minimum atomic E-state index is -0.180. The van der Waals surface area contributed by atoms with Crippen molar-refractivity contribution < 1.29 is 14.6 Å². The van der Waals surface area contributed by atoms with Gasteiger partial charge in [-0.15, -0.1) is 0 Å².